The molecule has 1 aliphatic rings. The van der Waals surface area contributed by atoms with Crippen molar-refractivity contribution in [2.45, 2.75) is 19.4 Å². The van der Waals surface area contributed by atoms with Crippen LogP contribution in [0.4, 0.5) is 0 Å². The molecule has 2 N–H and O–H groups in total. The summed E-state index contributed by atoms with van der Waals surface area (Å²) in [6, 6.07) is 2.03. The maximum absolute atomic E-state index is 12.5. The zero-order chi connectivity index (χ0) is 13.7. The first kappa shape index (κ1) is 14.1. The standard InChI is InChI=1S/C14H18N2O2S/c1-2-12-9-18-7-6-16(12)14(17)11-8-13(19-10-11)4-3-5-15/h8,10,12H,2,5-7,9,15H2,1H3. The number of hydrogen-bond acceptors (Lipinski definition) is 4. The summed E-state index contributed by atoms with van der Waals surface area (Å²) in [5.41, 5.74) is 6.05. The Bertz CT molecular complexity index is 501. The number of hydrogen-bond donors (Lipinski definition) is 1. The average Bonchev–Trinajstić information content (AvgIpc) is 2.93. The highest BCUT2D eigenvalue weighted by atomic mass is 32.1. The van der Waals surface area contributed by atoms with Crippen molar-refractivity contribution in [2.75, 3.05) is 26.3 Å². The minimum Gasteiger partial charge on any atom is -0.377 e. The van der Waals surface area contributed by atoms with Gasteiger partial charge < -0.3 is 15.4 Å². The molecule has 1 aromatic rings. The average molecular weight is 278 g/mol. The molecular formula is C14H18N2O2S. The maximum Gasteiger partial charge on any atom is 0.255 e. The Morgan fingerprint density at radius 1 is 1.68 bits per heavy atom. The molecule has 0 aromatic carbocycles. The fourth-order valence-electron chi connectivity index (χ4n) is 2.08. The third-order valence-corrected chi connectivity index (χ3v) is 3.97. The third kappa shape index (κ3) is 3.35. The van der Waals surface area contributed by atoms with Crippen LogP contribution in [0.25, 0.3) is 0 Å². The van der Waals surface area contributed by atoms with Crippen molar-refractivity contribution in [3.8, 4) is 11.8 Å². The van der Waals surface area contributed by atoms with Gasteiger partial charge in [0.25, 0.3) is 5.91 Å². The van der Waals surface area contributed by atoms with E-state index in [1.54, 1.807) is 0 Å². The van der Waals surface area contributed by atoms with Crippen LogP contribution in [-0.2, 0) is 4.74 Å². The van der Waals surface area contributed by atoms with Crippen LogP contribution in [-0.4, -0.2) is 43.2 Å². The molecule has 0 radical (unpaired) electrons. The van der Waals surface area contributed by atoms with E-state index in [9.17, 15) is 4.79 Å². The molecule has 5 heteroatoms. The molecule has 1 aliphatic heterocycles. The molecule has 2 rings (SSSR count). The molecule has 2 heterocycles. The van der Waals surface area contributed by atoms with Crippen LogP contribution in [0, 0.1) is 11.8 Å². The molecule has 0 saturated carbocycles. The van der Waals surface area contributed by atoms with Crippen LogP contribution < -0.4 is 5.73 Å². The molecule has 1 atom stereocenters. The van der Waals surface area contributed by atoms with Gasteiger partial charge in [0, 0.05) is 11.9 Å². The number of rotatable bonds is 2. The highest BCUT2D eigenvalue weighted by molar-refractivity contribution is 7.10. The number of carbonyl (C=O) groups excluding carboxylic acids is 1. The predicted molar refractivity (Wildman–Crippen MR) is 76.2 cm³/mol. The Hall–Kier alpha value is -1.35. The Balaban J connectivity index is 2.12. The zero-order valence-corrected chi connectivity index (χ0v) is 11.8. The van der Waals surface area contributed by atoms with Gasteiger partial charge >= 0.3 is 0 Å². The van der Waals surface area contributed by atoms with Gasteiger partial charge in [-0.25, -0.2) is 0 Å². The van der Waals surface area contributed by atoms with E-state index >= 15 is 0 Å². The lowest BCUT2D eigenvalue weighted by atomic mass is 10.1. The van der Waals surface area contributed by atoms with Gasteiger partial charge in [-0.3, -0.25) is 4.79 Å². The summed E-state index contributed by atoms with van der Waals surface area (Å²) in [6.45, 7) is 4.32. The Morgan fingerprint density at radius 3 is 3.26 bits per heavy atom. The predicted octanol–water partition coefficient (Wildman–Crippen LogP) is 1.31. The third-order valence-electron chi connectivity index (χ3n) is 3.12. The second-order valence-corrected chi connectivity index (χ2v) is 5.25. The number of carbonyl (C=O) groups is 1. The van der Waals surface area contributed by atoms with Crippen LogP contribution >= 0.6 is 11.3 Å². The molecule has 1 saturated heterocycles. The van der Waals surface area contributed by atoms with Crippen LogP contribution in [0.3, 0.4) is 0 Å². The maximum atomic E-state index is 12.5. The number of morpholine rings is 1. The molecule has 1 unspecified atom stereocenters. The number of amides is 1. The molecule has 0 spiro atoms. The van der Waals surface area contributed by atoms with Gasteiger partial charge in [-0.1, -0.05) is 18.8 Å². The van der Waals surface area contributed by atoms with Gasteiger partial charge in [0.15, 0.2) is 0 Å². The van der Waals surface area contributed by atoms with Gasteiger partial charge in [-0.05, 0) is 12.5 Å². The highest BCUT2D eigenvalue weighted by Gasteiger charge is 2.27. The minimum atomic E-state index is 0.0761. The Labute approximate surface area is 117 Å². The molecule has 0 bridgehead atoms. The summed E-state index contributed by atoms with van der Waals surface area (Å²) >= 11 is 1.48. The monoisotopic (exact) mass is 278 g/mol. The molecule has 4 nitrogen and oxygen atoms in total. The van der Waals surface area contributed by atoms with Crippen molar-refractivity contribution in [3.05, 3.63) is 21.9 Å². The van der Waals surface area contributed by atoms with E-state index in [0.717, 1.165) is 11.3 Å². The van der Waals surface area contributed by atoms with E-state index in [2.05, 4.69) is 18.8 Å². The molecule has 0 aliphatic carbocycles. The molecule has 1 aromatic heterocycles. The van der Waals surface area contributed by atoms with Crippen molar-refractivity contribution in [1.29, 1.82) is 0 Å². The lowest BCUT2D eigenvalue weighted by Gasteiger charge is -2.34. The van der Waals surface area contributed by atoms with Gasteiger partial charge in [0.05, 0.1) is 36.2 Å². The van der Waals surface area contributed by atoms with Gasteiger partial charge in [0.1, 0.15) is 0 Å². The van der Waals surface area contributed by atoms with Crippen molar-refractivity contribution in [1.82, 2.24) is 4.90 Å². The summed E-state index contributed by atoms with van der Waals surface area (Å²) in [5, 5.41) is 1.87. The van der Waals surface area contributed by atoms with Crippen molar-refractivity contribution < 1.29 is 9.53 Å². The first-order valence-electron chi connectivity index (χ1n) is 6.42. The first-order valence-corrected chi connectivity index (χ1v) is 7.30. The van der Waals surface area contributed by atoms with E-state index in [4.69, 9.17) is 10.5 Å². The van der Waals surface area contributed by atoms with E-state index in [-0.39, 0.29) is 11.9 Å². The van der Waals surface area contributed by atoms with Crippen molar-refractivity contribution in [3.63, 3.8) is 0 Å². The van der Waals surface area contributed by atoms with Crippen molar-refractivity contribution in [2.24, 2.45) is 5.73 Å². The van der Waals surface area contributed by atoms with Gasteiger partial charge in [-0.2, -0.15) is 0 Å². The first-order chi connectivity index (χ1) is 9.26. The van der Waals surface area contributed by atoms with Crippen molar-refractivity contribution >= 4 is 17.2 Å². The Morgan fingerprint density at radius 2 is 2.53 bits per heavy atom. The lowest BCUT2D eigenvalue weighted by molar-refractivity contribution is -0.00276. The molecule has 1 amide bonds. The molecular weight excluding hydrogens is 260 g/mol. The van der Waals surface area contributed by atoms with E-state index in [1.165, 1.54) is 11.3 Å². The van der Waals surface area contributed by atoms with Crippen LogP contribution in [0.15, 0.2) is 11.4 Å². The number of thiophene rings is 1. The summed E-state index contributed by atoms with van der Waals surface area (Å²) in [5.74, 6) is 5.83. The largest absolute Gasteiger partial charge is 0.377 e. The summed E-state index contributed by atoms with van der Waals surface area (Å²) in [7, 11) is 0. The molecule has 102 valence electrons. The zero-order valence-electron chi connectivity index (χ0n) is 11.0. The summed E-state index contributed by atoms with van der Waals surface area (Å²) in [6.07, 6.45) is 0.912. The normalized spacial score (nSPS) is 18.8. The fourth-order valence-corrected chi connectivity index (χ4v) is 2.83. The number of nitrogens with two attached hydrogens (primary N) is 1. The second-order valence-electron chi connectivity index (χ2n) is 4.34. The summed E-state index contributed by atoms with van der Waals surface area (Å²) in [4.78, 5) is 15.3. The van der Waals surface area contributed by atoms with Crippen LogP contribution in [0.2, 0.25) is 0 Å². The smallest absolute Gasteiger partial charge is 0.255 e. The second kappa shape index (κ2) is 6.71. The van der Waals surface area contributed by atoms with Crippen LogP contribution in [0.1, 0.15) is 28.6 Å². The Kier molecular flexibility index (Phi) is 4.97. The summed E-state index contributed by atoms with van der Waals surface area (Å²) < 4.78 is 5.42. The number of nitrogens with zero attached hydrogens (tertiary/aromatic N) is 1. The van der Waals surface area contributed by atoms with Crippen LogP contribution in [0.5, 0.6) is 0 Å². The topological polar surface area (TPSA) is 55.6 Å². The van der Waals surface area contributed by atoms with E-state index in [1.807, 2.05) is 16.3 Å². The van der Waals surface area contributed by atoms with Gasteiger partial charge in [-0.15, -0.1) is 11.3 Å². The van der Waals surface area contributed by atoms with E-state index < -0.39 is 0 Å². The SMILES string of the molecule is CCC1COCCN1C(=O)c1csc(C#CCN)c1. The molecule has 1 fully saturated rings. The van der Waals surface area contributed by atoms with E-state index in [0.29, 0.717) is 31.9 Å². The number of ether oxygens (including phenoxy) is 1. The molecule has 19 heavy (non-hydrogen) atoms. The minimum absolute atomic E-state index is 0.0761. The quantitative estimate of drug-likeness (QED) is 0.830. The fraction of sp³-hybridized carbons (Fsp3) is 0.500. The van der Waals surface area contributed by atoms with Gasteiger partial charge in [0.2, 0.25) is 0 Å². The highest BCUT2D eigenvalue weighted by Crippen LogP contribution is 2.19. The lowest BCUT2D eigenvalue weighted by Crippen LogP contribution is -2.48.